The predicted molar refractivity (Wildman–Crippen MR) is 91.5 cm³/mol. The number of nitrogens with zero attached hydrogens (tertiary/aromatic N) is 7. The van der Waals surface area contributed by atoms with E-state index in [4.69, 9.17) is 0 Å². The Kier molecular flexibility index (Phi) is 4.07. The highest BCUT2D eigenvalue weighted by molar-refractivity contribution is 5.95. The summed E-state index contributed by atoms with van der Waals surface area (Å²) >= 11 is 0. The van der Waals surface area contributed by atoms with Gasteiger partial charge in [-0.05, 0) is 40.8 Å². The Morgan fingerprint density at radius 1 is 1.00 bits per heavy atom. The minimum absolute atomic E-state index is 0.0237. The molecule has 0 N–H and O–H groups in total. The number of carbonyl (C=O) groups is 1. The molecule has 2 aromatic heterocycles. The third-order valence-electron chi connectivity index (χ3n) is 4.25. The molecule has 1 aromatic carbocycles. The third kappa shape index (κ3) is 3.18. The maximum absolute atomic E-state index is 12.8. The summed E-state index contributed by atoms with van der Waals surface area (Å²) in [4.78, 5) is 21.2. The number of amides is 1. The topological polar surface area (TPSA) is 80.0 Å². The van der Waals surface area contributed by atoms with Crippen LogP contribution < -0.4 is 4.90 Å². The lowest BCUT2D eigenvalue weighted by Gasteiger charge is -2.35. The fourth-order valence-electron chi connectivity index (χ4n) is 2.92. The van der Waals surface area contributed by atoms with Gasteiger partial charge in [0.1, 0.15) is 12.1 Å². The number of pyridine rings is 1. The highest BCUT2D eigenvalue weighted by Gasteiger charge is 2.23. The Labute approximate surface area is 144 Å². The fourth-order valence-corrected chi connectivity index (χ4v) is 2.92. The van der Waals surface area contributed by atoms with Crippen LogP contribution >= 0.6 is 0 Å². The second kappa shape index (κ2) is 6.68. The van der Waals surface area contributed by atoms with Crippen molar-refractivity contribution in [3.05, 3.63) is 60.6 Å². The molecule has 1 aliphatic heterocycles. The van der Waals surface area contributed by atoms with Gasteiger partial charge in [-0.3, -0.25) is 4.79 Å². The molecule has 126 valence electrons. The largest absolute Gasteiger partial charge is 0.353 e. The first kappa shape index (κ1) is 15.3. The van der Waals surface area contributed by atoms with Gasteiger partial charge in [-0.1, -0.05) is 12.1 Å². The SMILES string of the molecule is O=C(c1cccc(-n2cnnn2)c1)N1CCN(c2ccccn2)CC1. The first-order chi connectivity index (χ1) is 12.3. The average molecular weight is 335 g/mol. The van der Waals surface area contributed by atoms with Gasteiger partial charge in [0, 0.05) is 37.9 Å². The van der Waals surface area contributed by atoms with Crippen LogP contribution in [0.5, 0.6) is 0 Å². The highest BCUT2D eigenvalue weighted by Crippen LogP contribution is 2.16. The number of carbonyl (C=O) groups excluding carboxylic acids is 1. The smallest absolute Gasteiger partial charge is 0.254 e. The van der Waals surface area contributed by atoms with E-state index >= 15 is 0 Å². The second-order valence-corrected chi connectivity index (χ2v) is 5.77. The maximum atomic E-state index is 12.8. The van der Waals surface area contributed by atoms with Gasteiger partial charge in [-0.2, -0.15) is 0 Å². The van der Waals surface area contributed by atoms with E-state index in [0.717, 1.165) is 24.6 Å². The van der Waals surface area contributed by atoms with Crippen molar-refractivity contribution in [1.29, 1.82) is 0 Å². The van der Waals surface area contributed by atoms with E-state index in [1.54, 1.807) is 6.20 Å². The molecular formula is C17H17N7O. The van der Waals surface area contributed by atoms with Crippen LogP contribution in [0.2, 0.25) is 0 Å². The van der Waals surface area contributed by atoms with E-state index in [1.807, 2.05) is 47.4 Å². The first-order valence-corrected chi connectivity index (χ1v) is 8.10. The molecule has 3 aromatic rings. The monoisotopic (exact) mass is 335 g/mol. The molecule has 25 heavy (non-hydrogen) atoms. The number of aromatic nitrogens is 5. The molecule has 4 rings (SSSR count). The Hall–Kier alpha value is -3.29. The molecule has 0 bridgehead atoms. The summed E-state index contributed by atoms with van der Waals surface area (Å²) in [5.41, 5.74) is 1.40. The number of hydrogen-bond donors (Lipinski definition) is 0. The summed E-state index contributed by atoms with van der Waals surface area (Å²) in [7, 11) is 0. The second-order valence-electron chi connectivity index (χ2n) is 5.77. The van der Waals surface area contributed by atoms with Gasteiger partial charge < -0.3 is 9.80 Å². The van der Waals surface area contributed by atoms with Crippen LogP contribution in [0.25, 0.3) is 5.69 Å². The van der Waals surface area contributed by atoms with E-state index in [1.165, 1.54) is 11.0 Å². The lowest BCUT2D eigenvalue weighted by Crippen LogP contribution is -2.49. The van der Waals surface area contributed by atoms with Crippen LogP contribution in [-0.4, -0.2) is 62.2 Å². The van der Waals surface area contributed by atoms with E-state index in [-0.39, 0.29) is 5.91 Å². The zero-order valence-electron chi connectivity index (χ0n) is 13.6. The van der Waals surface area contributed by atoms with Crippen molar-refractivity contribution in [3.63, 3.8) is 0 Å². The van der Waals surface area contributed by atoms with Crippen LogP contribution in [0.15, 0.2) is 55.0 Å². The highest BCUT2D eigenvalue weighted by atomic mass is 16.2. The Morgan fingerprint density at radius 2 is 1.88 bits per heavy atom. The van der Waals surface area contributed by atoms with Crippen LogP contribution in [0.4, 0.5) is 5.82 Å². The summed E-state index contributed by atoms with van der Waals surface area (Å²) in [6.07, 6.45) is 3.30. The fraction of sp³-hybridized carbons (Fsp3) is 0.235. The quantitative estimate of drug-likeness (QED) is 0.711. The Morgan fingerprint density at radius 3 is 2.60 bits per heavy atom. The Bertz CT molecular complexity index is 842. The molecule has 1 saturated heterocycles. The van der Waals surface area contributed by atoms with Crippen molar-refractivity contribution >= 4 is 11.7 Å². The van der Waals surface area contributed by atoms with Gasteiger partial charge in [0.15, 0.2) is 0 Å². The van der Waals surface area contributed by atoms with Gasteiger partial charge in [0.25, 0.3) is 5.91 Å². The van der Waals surface area contributed by atoms with Crippen LogP contribution in [0, 0.1) is 0 Å². The van der Waals surface area contributed by atoms with E-state index in [2.05, 4.69) is 25.4 Å². The molecule has 0 aliphatic carbocycles. The first-order valence-electron chi connectivity index (χ1n) is 8.10. The Balaban J connectivity index is 1.45. The number of hydrogen-bond acceptors (Lipinski definition) is 6. The number of benzene rings is 1. The molecule has 0 radical (unpaired) electrons. The minimum Gasteiger partial charge on any atom is -0.353 e. The van der Waals surface area contributed by atoms with Crippen molar-refractivity contribution < 1.29 is 4.79 Å². The number of tetrazole rings is 1. The summed E-state index contributed by atoms with van der Waals surface area (Å²) < 4.78 is 1.54. The lowest BCUT2D eigenvalue weighted by molar-refractivity contribution is 0.0746. The van der Waals surface area contributed by atoms with Gasteiger partial charge in [0.2, 0.25) is 0 Å². The number of anilines is 1. The van der Waals surface area contributed by atoms with E-state index < -0.39 is 0 Å². The molecular weight excluding hydrogens is 318 g/mol. The van der Waals surface area contributed by atoms with Crippen LogP contribution in [-0.2, 0) is 0 Å². The van der Waals surface area contributed by atoms with Crippen LogP contribution in [0.3, 0.4) is 0 Å². The molecule has 1 aliphatic rings. The predicted octanol–water partition coefficient (Wildman–Crippen LogP) is 1.02. The molecule has 1 fully saturated rings. The number of rotatable bonds is 3. The number of piperazine rings is 1. The van der Waals surface area contributed by atoms with E-state index in [0.29, 0.717) is 18.7 Å². The van der Waals surface area contributed by atoms with Crippen molar-refractivity contribution in [1.82, 2.24) is 30.1 Å². The molecule has 8 heteroatoms. The van der Waals surface area contributed by atoms with Crippen molar-refractivity contribution in [3.8, 4) is 5.69 Å². The van der Waals surface area contributed by atoms with Crippen molar-refractivity contribution in [2.45, 2.75) is 0 Å². The van der Waals surface area contributed by atoms with Gasteiger partial charge in [0.05, 0.1) is 5.69 Å². The van der Waals surface area contributed by atoms with Gasteiger partial charge in [-0.15, -0.1) is 5.10 Å². The molecule has 0 unspecified atom stereocenters. The molecule has 8 nitrogen and oxygen atoms in total. The summed E-state index contributed by atoms with van der Waals surface area (Å²) in [6.45, 7) is 2.89. The normalized spacial score (nSPS) is 14.6. The summed E-state index contributed by atoms with van der Waals surface area (Å²) in [5, 5.41) is 11.1. The van der Waals surface area contributed by atoms with Crippen molar-refractivity contribution in [2.75, 3.05) is 31.1 Å². The molecule has 0 atom stereocenters. The zero-order chi connectivity index (χ0) is 17.1. The average Bonchev–Trinajstić information content (AvgIpc) is 3.23. The zero-order valence-corrected chi connectivity index (χ0v) is 13.6. The van der Waals surface area contributed by atoms with Crippen molar-refractivity contribution in [2.24, 2.45) is 0 Å². The summed E-state index contributed by atoms with van der Waals surface area (Å²) in [5.74, 6) is 0.978. The van der Waals surface area contributed by atoms with Gasteiger partial charge >= 0.3 is 0 Å². The lowest BCUT2D eigenvalue weighted by atomic mass is 10.1. The van der Waals surface area contributed by atoms with E-state index in [9.17, 15) is 4.79 Å². The standard InChI is InChI=1S/C17H17N7O/c25-17(14-4-3-5-15(12-14)24-13-19-20-21-24)23-10-8-22(9-11-23)16-6-1-2-7-18-16/h1-7,12-13H,8-11H2. The molecule has 0 spiro atoms. The maximum Gasteiger partial charge on any atom is 0.254 e. The molecule has 1 amide bonds. The third-order valence-corrected chi connectivity index (χ3v) is 4.25. The minimum atomic E-state index is 0.0237. The summed E-state index contributed by atoms with van der Waals surface area (Å²) in [6, 6.07) is 13.2. The molecule has 0 saturated carbocycles. The van der Waals surface area contributed by atoms with Crippen LogP contribution in [0.1, 0.15) is 10.4 Å². The molecule has 3 heterocycles. The van der Waals surface area contributed by atoms with Gasteiger partial charge in [-0.25, -0.2) is 9.67 Å².